The van der Waals surface area contributed by atoms with Crippen molar-refractivity contribution in [2.24, 2.45) is 0 Å². The van der Waals surface area contributed by atoms with Gasteiger partial charge in [-0.3, -0.25) is 4.98 Å². The molecule has 0 amide bonds. The number of aromatic nitrogens is 1. The van der Waals surface area contributed by atoms with Gasteiger partial charge < -0.3 is 10.0 Å². The predicted molar refractivity (Wildman–Crippen MR) is 73.4 cm³/mol. The predicted octanol–water partition coefficient (Wildman–Crippen LogP) is 3.08. The van der Waals surface area contributed by atoms with Crippen LogP contribution in [-0.4, -0.2) is 29.1 Å². The van der Waals surface area contributed by atoms with Gasteiger partial charge in [0.2, 0.25) is 0 Å². The number of rotatable bonds is 3. The van der Waals surface area contributed by atoms with Crippen LogP contribution >= 0.6 is 0 Å². The van der Waals surface area contributed by atoms with Crippen molar-refractivity contribution in [2.75, 3.05) is 14.1 Å². The van der Waals surface area contributed by atoms with E-state index in [0.29, 0.717) is 6.04 Å². The minimum atomic E-state index is 0.191. The fourth-order valence-electron chi connectivity index (χ4n) is 1.79. The molecule has 0 bridgehead atoms. The van der Waals surface area contributed by atoms with Crippen LogP contribution in [0.2, 0.25) is 0 Å². The van der Waals surface area contributed by atoms with Crippen LogP contribution in [0.3, 0.4) is 0 Å². The quantitative estimate of drug-likeness (QED) is 0.898. The molecule has 0 spiro atoms. The summed E-state index contributed by atoms with van der Waals surface area (Å²) in [5.41, 5.74) is 3.21. The summed E-state index contributed by atoms with van der Waals surface area (Å²) in [6, 6.07) is 12.2. The van der Waals surface area contributed by atoms with Crippen molar-refractivity contribution in [2.45, 2.75) is 13.0 Å². The van der Waals surface area contributed by atoms with Crippen LogP contribution in [0.25, 0.3) is 11.3 Å². The zero-order valence-corrected chi connectivity index (χ0v) is 11.0. The highest BCUT2D eigenvalue weighted by Gasteiger charge is 2.07. The number of hydrogen-bond acceptors (Lipinski definition) is 3. The van der Waals surface area contributed by atoms with Crippen molar-refractivity contribution in [3.63, 3.8) is 0 Å². The van der Waals surface area contributed by atoms with Crippen molar-refractivity contribution >= 4 is 0 Å². The lowest BCUT2D eigenvalue weighted by molar-refractivity contribution is 0.321. The van der Waals surface area contributed by atoms with Crippen molar-refractivity contribution in [3.8, 4) is 17.0 Å². The minimum absolute atomic E-state index is 0.191. The molecule has 1 heterocycles. The lowest BCUT2D eigenvalue weighted by atomic mass is 10.0. The molecule has 0 aliphatic carbocycles. The van der Waals surface area contributed by atoms with Crippen LogP contribution in [0.1, 0.15) is 18.5 Å². The fraction of sp³-hybridized carbons (Fsp3) is 0.267. The maximum atomic E-state index is 9.21. The molecule has 3 heteroatoms. The fourth-order valence-corrected chi connectivity index (χ4v) is 1.79. The van der Waals surface area contributed by atoms with Gasteiger partial charge in [0.25, 0.3) is 0 Å². The Labute approximate surface area is 108 Å². The lowest BCUT2D eigenvalue weighted by Crippen LogP contribution is -2.16. The van der Waals surface area contributed by atoms with Crippen molar-refractivity contribution < 1.29 is 5.11 Å². The van der Waals surface area contributed by atoms with E-state index in [9.17, 15) is 5.11 Å². The average Bonchev–Trinajstić information content (AvgIpc) is 2.39. The van der Waals surface area contributed by atoms with Gasteiger partial charge >= 0.3 is 0 Å². The molecule has 1 N–H and O–H groups in total. The second-order valence-electron chi connectivity index (χ2n) is 4.66. The summed E-state index contributed by atoms with van der Waals surface area (Å²) in [7, 11) is 4.14. The topological polar surface area (TPSA) is 36.4 Å². The number of pyridine rings is 1. The molecule has 18 heavy (non-hydrogen) atoms. The molecule has 2 rings (SSSR count). The summed E-state index contributed by atoms with van der Waals surface area (Å²) in [6.45, 7) is 2.17. The van der Waals surface area contributed by atoms with E-state index in [0.717, 1.165) is 11.3 Å². The first-order chi connectivity index (χ1) is 8.58. The van der Waals surface area contributed by atoms with Crippen molar-refractivity contribution in [1.82, 2.24) is 9.88 Å². The van der Waals surface area contributed by atoms with E-state index in [4.69, 9.17) is 0 Å². The third kappa shape index (κ3) is 2.68. The largest absolute Gasteiger partial charge is 0.506 e. The Kier molecular flexibility index (Phi) is 3.63. The van der Waals surface area contributed by atoms with Gasteiger partial charge in [0.05, 0.1) is 11.9 Å². The maximum absolute atomic E-state index is 9.21. The Morgan fingerprint density at radius 3 is 2.22 bits per heavy atom. The standard InChI is InChI=1S/C15H18N2O/c1-11(17(2)3)12-4-6-13(7-5-12)15-9-8-14(18)10-16-15/h4-11,18H,1-3H3/t11-/m0/s1. The second kappa shape index (κ2) is 5.19. The van der Waals surface area contributed by atoms with Gasteiger partial charge in [-0.15, -0.1) is 0 Å². The molecule has 94 valence electrons. The molecule has 0 aliphatic heterocycles. The smallest absolute Gasteiger partial charge is 0.133 e. The zero-order valence-electron chi connectivity index (χ0n) is 11.0. The molecule has 1 atom stereocenters. The molecular weight excluding hydrogens is 224 g/mol. The monoisotopic (exact) mass is 242 g/mol. The first kappa shape index (κ1) is 12.6. The summed E-state index contributed by atoms with van der Waals surface area (Å²) >= 11 is 0. The second-order valence-corrected chi connectivity index (χ2v) is 4.66. The Balaban J connectivity index is 2.24. The van der Waals surface area contributed by atoms with Crippen LogP contribution in [-0.2, 0) is 0 Å². The summed E-state index contributed by atoms with van der Waals surface area (Å²) < 4.78 is 0. The molecule has 2 aromatic rings. The summed E-state index contributed by atoms with van der Waals surface area (Å²) in [5, 5.41) is 9.21. The highest BCUT2D eigenvalue weighted by Crippen LogP contribution is 2.23. The Morgan fingerprint density at radius 1 is 1.06 bits per heavy atom. The summed E-state index contributed by atoms with van der Waals surface area (Å²) in [6.07, 6.45) is 1.46. The van der Waals surface area contributed by atoms with Crippen LogP contribution in [0.5, 0.6) is 5.75 Å². The molecule has 0 fully saturated rings. The number of nitrogens with zero attached hydrogens (tertiary/aromatic N) is 2. The molecule has 1 aromatic carbocycles. The lowest BCUT2D eigenvalue weighted by Gasteiger charge is -2.20. The first-order valence-electron chi connectivity index (χ1n) is 5.99. The van der Waals surface area contributed by atoms with Crippen LogP contribution in [0, 0.1) is 0 Å². The molecule has 1 aromatic heterocycles. The molecule has 0 aliphatic rings. The molecule has 0 radical (unpaired) electrons. The van der Waals surface area contributed by atoms with Gasteiger partial charge in [-0.05, 0) is 38.7 Å². The van der Waals surface area contributed by atoms with E-state index < -0.39 is 0 Å². The van der Waals surface area contributed by atoms with E-state index in [-0.39, 0.29) is 5.75 Å². The zero-order chi connectivity index (χ0) is 13.1. The van der Waals surface area contributed by atoms with Crippen LogP contribution in [0.4, 0.5) is 0 Å². The van der Waals surface area contributed by atoms with Gasteiger partial charge in [0.1, 0.15) is 5.75 Å². The van der Waals surface area contributed by atoms with Crippen LogP contribution < -0.4 is 0 Å². The van der Waals surface area contributed by atoms with Gasteiger partial charge in [0, 0.05) is 11.6 Å². The highest BCUT2D eigenvalue weighted by molar-refractivity contribution is 5.59. The van der Waals surface area contributed by atoms with E-state index in [1.165, 1.54) is 11.8 Å². The van der Waals surface area contributed by atoms with Gasteiger partial charge in [-0.25, -0.2) is 0 Å². The molecular formula is C15H18N2O. The first-order valence-corrected chi connectivity index (χ1v) is 5.99. The van der Waals surface area contributed by atoms with E-state index in [2.05, 4.69) is 55.2 Å². The molecule has 0 saturated carbocycles. The van der Waals surface area contributed by atoms with E-state index >= 15 is 0 Å². The summed E-state index contributed by atoms with van der Waals surface area (Å²) in [4.78, 5) is 6.37. The number of aromatic hydroxyl groups is 1. The van der Waals surface area contributed by atoms with Crippen molar-refractivity contribution in [3.05, 3.63) is 48.2 Å². The normalized spacial score (nSPS) is 12.7. The Hall–Kier alpha value is -1.87. The highest BCUT2D eigenvalue weighted by atomic mass is 16.3. The van der Waals surface area contributed by atoms with Gasteiger partial charge in [0.15, 0.2) is 0 Å². The van der Waals surface area contributed by atoms with Gasteiger partial charge in [-0.1, -0.05) is 24.3 Å². The van der Waals surface area contributed by atoms with E-state index in [1.807, 2.05) is 6.07 Å². The molecule has 0 unspecified atom stereocenters. The number of hydrogen-bond donors (Lipinski definition) is 1. The molecule has 0 saturated heterocycles. The molecule has 3 nitrogen and oxygen atoms in total. The van der Waals surface area contributed by atoms with Crippen molar-refractivity contribution in [1.29, 1.82) is 0 Å². The SMILES string of the molecule is C[C@@H](c1ccc(-c2ccc(O)cn2)cc1)N(C)C. The third-order valence-electron chi connectivity index (χ3n) is 3.21. The van der Waals surface area contributed by atoms with E-state index in [1.54, 1.807) is 6.07 Å². The summed E-state index contributed by atoms with van der Waals surface area (Å²) in [5.74, 6) is 0.191. The van der Waals surface area contributed by atoms with Crippen LogP contribution in [0.15, 0.2) is 42.6 Å². The number of benzene rings is 1. The maximum Gasteiger partial charge on any atom is 0.133 e. The average molecular weight is 242 g/mol. The van der Waals surface area contributed by atoms with Gasteiger partial charge in [-0.2, -0.15) is 0 Å². The Bertz CT molecular complexity index is 503. The Morgan fingerprint density at radius 2 is 1.72 bits per heavy atom. The minimum Gasteiger partial charge on any atom is -0.506 e. The third-order valence-corrected chi connectivity index (χ3v) is 3.21.